The number of hydrogen-bond donors (Lipinski definition) is 2. The number of carbonyl (C=O) groups is 2. The van der Waals surface area contributed by atoms with Crippen molar-refractivity contribution >= 4 is 40.1 Å². The van der Waals surface area contributed by atoms with Crippen LogP contribution >= 0.6 is 22.6 Å². The number of amides is 2. The largest absolute Gasteiger partial charge is 0.418 e. The third-order valence-corrected chi connectivity index (χ3v) is 11.3. The summed E-state index contributed by atoms with van der Waals surface area (Å²) in [5, 5.41) is 5.47. The summed E-state index contributed by atoms with van der Waals surface area (Å²) in [4.78, 5) is 25.8. The first-order chi connectivity index (χ1) is 17.6. The van der Waals surface area contributed by atoms with Crippen molar-refractivity contribution in [2.75, 3.05) is 5.32 Å². The second kappa shape index (κ2) is 9.26. The van der Waals surface area contributed by atoms with Gasteiger partial charge in [-0.3, -0.25) is 9.59 Å². The molecule has 38 heavy (non-hydrogen) atoms. The highest BCUT2D eigenvalue weighted by molar-refractivity contribution is 14.1. The van der Waals surface area contributed by atoms with Gasteiger partial charge in [0.2, 0.25) is 11.8 Å². The van der Waals surface area contributed by atoms with Crippen molar-refractivity contribution < 1.29 is 35.9 Å². The summed E-state index contributed by atoms with van der Waals surface area (Å²) in [6, 6.07) is 1.27. The maximum Gasteiger partial charge on any atom is 0.418 e. The van der Waals surface area contributed by atoms with Gasteiger partial charge in [-0.1, -0.05) is 36.4 Å². The van der Waals surface area contributed by atoms with Gasteiger partial charge in [0.05, 0.1) is 20.7 Å². The summed E-state index contributed by atoms with van der Waals surface area (Å²) in [7, 11) is 0. The lowest BCUT2D eigenvalue weighted by molar-refractivity contribution is -0.141. The Balaban J connectivity index is 1.39. The Morgan fingerprint density at radius 2 is 1.66 bits per heavy atom. The smallest absolute Gasteiger partial charge is 0.352 e. The second-order valence-corrected chi connectivity index (χ2v) is 13.6. The van der Waals surface area contributed by atoms with Crippen molar-refractivity contribution in [3.8, 4) is 0 Å². The molecule has 8 atom stereocenters. The average Bonchev–Trinajstić information content (AvgIpc) is 3.16. The first-order valence-electron chi connectivity index (χ1n) is 13.1. The van der Waals surface area contributed by atoms with Crippen LogP contribution < -0.4 is 10.6 Å². The van der Waals surface area contributed by atoms with Gasteiger partial charge >= 0.3 is 12.4 Å². The van der Waals surface area contributed by atoms with Crippen LogP contribution in [0.1, 0.15) is 69.9 Å². The standard InChI is InChI=1S/C27H31F6IN2O2/c1-24-10-9-16-14(4-8-21-25(16,2)12-19(34)23(38)36-21)15(24)6-7-18(24)22(37)35-20-11-13(26(28,29)30)3-5-17(20)27(31,32)33/h3,5,11,14-16,18-19,21H,4,6-10,12H2,1-2H3,(H,35,37)(H,36,38)/t14-,15-,16-,18+,19+,21+,24-,25+/m0/s1. The van der Waals surface area contributed by atoms with E-state index in [4.69, 9.17) is 0 Å². The number of alkyl halides is 7. The number of rotatable bonds is 2. The van der Waals surface area contributed by atoms with Crippen LogP contribution in [0.15, 0.2) is 18.2 Å². The molecule has 1 saturated heterocycles. The number of carbonyl (C=O) groups excluding carboxylic acids is 2. The molecule has 0 radical (unpaired) electrons. The lowest BCUT2D eigenvalue weighted by Gasteiger charge is -2.60. The molecule has 4 aliphatic rings. The highest BCUT2D eigenvalue weighted by Gasteiger charge is 2.62. The summed E-state index contributed by atoms with van der Waals surface area (Å²) in [5.74, 6) is -0.236. The van der Waals surface area contributed by atoms with E-state index < -0.39 is 46.4 Å². The monoisotopic (exact) mass is 656 g/mol. The van der Waals surface area contributed by atoms with Gasteiger partial charge in [-0.15, -0.1) is 0 Å². The topological polar surface area (TPSA) is 58.2 Å². The quantitative estimate of drug-likeness (QED) is 0.201. The molecule has 3 aliphatic carbocycles. The Kier molecular flexibility index (Phi) is 6.83. The van der Waals surface area contributed by atoms with E-state index in [1.807, 2.05) is 6.92 Å². The molecule has 210 valence electrons. The van der Waals surface area contributed by atoms with Crippen LogP contribution in [-0.4, -0.2) is 21.8 Å². The lowest BCUT2D eigenvalue weighted by atomic mass is 9.47. The molecule has 0 aromatic heterocycles. The van der Waals surface area contributed by atoms with E-state index >= 15 is 0 Å². The Hall–Kier alpha value is -1.53. The van der Waals surface area contributed by atoms with E-state index in [0.29, 0.717) is 42.9 Å². The normalized spacial score (nSPS) is 39.0. The van der Waals surface area contributed by atoms with Gasteiger partial charge in [-0.2, -0.15) is 26.3 Å². The van der Waals surface area contributed by atoms with Crippen molar-refractivity contribution in [1.29, 1.82) is 0 Å². The van der Waals surface area contributed by atoms with Crippen molar-refractivity contribution in [1.82, 2.24) is 5.32 Å². The maximum atomic E-state index is 13.6. The molecule has 1 aromatic rings. The molecule has 0 bridgehead atoms. The van der Waals surface area contributed by atoms with Gasteiger partial charge in [0, 0.05) is 12.0 Å². The summed E-state index contributed by atoms with van der Waals surface area (Å²) in [6.45, 7) is 4.29. The van der Waals surface area contributed by atoms with Crippen molar-refractivity contribution in [3.63, 3.8) is 0 Å². The SMILES string of the molecule is C[C@]12C[C@@H](I)C(=O)N[C@@H]1CC[C@@H]1[C@@H]2CC[C@]2(C)[C@@H](C(=O)Nc3cc(C(F)(F)F)ccc3C(F)(F)F)CC[C@@H]12. The molecule has 0 unspecified atom stereocenters. The number of nitrogens with one attached hydrogen (secondary N) is 2. The fourth-order valence-corrected chi connectivity index (χ4v) is 9.58. The van der Waals surface area contributed by atoms with Gasteiger partial charge in [0.15, 0.2) is 0 Å². The molecule has 2 N–H and O–H groups in total. The van der Waals surface area contributed by atoms with Gasteiger partial charge in [-0.25, -0.2) is 0 Å². The molecular formula is C27H31F6IN2O2. The van der Waals surface area contributed by atoms with Gasteiger partial charge < -0.3 is 10.6 Å². The molecular weight excluding hydrogens is 625 g/mol. The first-order valence-corrected chi connectivity index (χ1v) is 14.3. The zero-order chi connectivity index (χ0) is 27.8. The number of hydrogen-bond acceptors (Lipinski definition) is 2. The van der Waals surface area contributed by atoms with E-state index in [2.05, 4.69) is 40.1 Å². The molecule has 1 aromatic carbocycles. The van der Waals surface area contributed by atoms with E-state index in [-0.39, 0.29) is 27.2 Å². The Labute approximate surface area is 231 Å². The zero-order valence-electron chi connectivity index (χ0n) is 21.1. The number of benzene rings is 1. The fraction of sp³-hybridized carbons (Fsp3) is 0.704. The molecule has 1 heterocycles. The van der Waals surface area contributed by atoms with E-state index in [1.165, 1.54) is 0 Å². The minimum Gasteiger partial charge on any atom is -0.352 e. The molecule has 11 heteroatoms. The van der Waals surface area contributed by atoms with Gasteiger partial charge in [-0.05, 0) is 91.7 Å². The van der Waals surface area contributed by atoms with Crippen molar-refractivity contribution in [2.24, 2.45) is 34.5 Å². The lowest BCUT2D eigenvalue weighted by Crippen LogP contribution is -2.63. The van der Waals surface area contributed by atoms with Crippen molar-refractivity contribution in [2.45, 2.75) is 81.1 Å². The van der Waals surface area contributed by atoms with Gasteiger partial charge in [0.25, 0.3) is 0 Å². The Morgan fingerprint density at radius 1 is 0.974 bits per heavy atom. The molecule has 1 aliphatic heterocycles. The van der Waals surface area contributed by atoms with Crippen LogP contribution in [0, 0.1) is 34.5 Å². The molecule has 2 amide bonds. The van der Waals surface area contributed by atoms with Crippen LogP contribution in [0.5, 0.6) is 0 Å². The molecule has 5 rings (SSSR count). The van der Waals surface area contributed by atoms with E-state index in [1.54, 1.807) is 0 Å². The summed E-state index contributed by atoms with van der Waals surface area (Å²) in [5.41, 5.74) is -3.88. The molecule has 4 fully saturated rings. The third kappa shape index (κ3) is 4.52. The van der Waals surface area contributed by atoms with Gasteiger partial charge in [0.1, 0.15) is 0 Å². The number of anilines is 1. The Bertz CT molecular complexity index is 1140. The number of halogens is 7. The molecule has 4 nitrogen and oxygen atoms in total. The predicted molar refractivity (Wildman–Crippen MR) is 137 cm³/mol. The predicted octanol–water partition coefficient (Wildman–Crippen LogP) is 7.21. The average molecular weight is 656 g/mol. The third-order valence-electron chi connectivity index (χ3n) is 10.3. The minimum atomic E-state index is -4.91. The maximum absolute atomic E-state index is 13.6. The minimum absolute atomic E-state index is 0.0516. The Morgan fingerprint density at radius 3 is 2.32 bits per heavy atom. The van der Waals surface area contributed by atoms with E-state index in [9.17, 15) is 35.9 Å². The summed E-state index contributed by atoms with van der Waals surface area (Å²) >= 11 is 2.20. The van der Waals surface area contributed by atoms with Crippen LogP contribution in [0.3, 0.4) is 0 Å². The fourth-order valence-electron chi connectivity index (χ4n) is 8.45. The highest BCUT2D eigenvalue weighted by Crippen LogP contribution is 2.66. The first kappa shape index (κ1) is 28.0. The van der Waals surface area contributed by atoms with Crippen molar-refractivity contribution in [3.05, 3.63) is 29.3 Å². The van der Waals surface area contributed by atoms with Crippen LogP contribution in [0.2, 0.25) is 0 Å². The van der Waals surface area contributed by atoms with E-state index in [0.717, 1.165) is 32.1 Å². The summed E-state index contributed by atoms with van der Waals surface area (Å²) in [6.07, 6.45) is -4.36. The second-order valence-electron chi connectivity index (χ2n) is 12.1. The van der Waals surface area contributed by atoms with Crippen LogP contribution in [0.4, 0.5) is 32.0 Å². The van der Waals surface area contributed by atoms with Crippen LogP contribution in [-0.2, 0) is 21.9 Å². The highest BCUT2D eigenvalue weighted by atomic mass is 127. The van der Waals surface area contributed by atoms with Crippen LogP contribution in [0.25, 0.3) is 0 Å². The number of fused-ring (bicyclic) bond motifs is 5. The zero-order valence-corrected chi connectivity index (χ0v) is 23.3. The summed E-state index contributed by atoms with van der Waals surface area (Å²) < 4.78 is 80.5. The molecule has 3 saturated carbocycles. The molecule has 0 spiro atoms. The number of piperidine rings is 1.